The molecule has 0 aromatic heterocycles. The van der Waals surface area contributed by atoms with Gasteiger partial charge in [-0.15, -0.1) is 0 Å². The number of fused-ring (bicyclic) bond motifs is 5. The van der Waals surface area contributed by atoms with Crippen molar-refractivity contribution in [2.24, 2.45) is 40.4 Å². The summed E-state index contributed by atoms with van der Waals surface area (Å²) in [5.74, 6) is 3.93. The first-order valence-corrected chi connectivity index (χ1v) is 12.1. The van der Waals surface area contributed by atoms with E-state index in [0.717, 1.165) is 37.2 Å². The van der Waals surface area contributed by atoms with Crippen LogP contribution in [0.3, 0.4) is 0 Å². The molecule has 0 spiro atoms. The Morgan fingerprint density at radius 1 is 0.966 bits per heavy atom. The van der Waals surface area contributed by atoms with E-state index in [1.807, 2.05) is 0 Å². The highest BCUT2D eigenvalue weighted by atomic mass is 16.5. The molecule has 2 heteroatoms. The third-order valence-corrected chi connectivity index (χ3v) is 10.0. The summed E-state index contributed by atoms with van der Waals surface area (Å²) >= 11 is 0. The van der Waals surface area contributed by atoms with Crippen LogP contribution in [0.15, 0.2) is 30.3 Å². The molecule has 158 valence electrons. The molecule has 29 heavy (non-hydrogen) atoms. The smallest absolute Gasteiger partial charge is 0.136 e. The van der Waals surface area contributed by atoms with Crippen LogP contribution in [0.4, 0.5) is 0 Å². The van der Waals surface area contributed by atoms with Crippen molar-refractivity contribution < 1.29 is 9.53 Å². The lowest BCUT2D eigenvalue weighted by Crippen LogP contribution is -2.55. The summed E-state index contributed by atoms with van der Waals surface area (Å²) in [6.07, 6.45) is 10.2. The lowest BCUT2D eigenvalue weighted by molar-refractivity contribution is -0.152. The Hall–Kier alpha value is -1.15. The normalized spacial score (nSPS) is 46.7. The number of carbonyl (C=O) groups is 1. The Bertz CT molecular complexity index is 757. The fraction of sp³-hybridized carbons (Fsp3) is 0.741. The molecule has 0 aliphatic heterocycles. The van der Waals surface area contributed by atoms with Crippen molar-refractivity contribution in [2.75, 3.05) is 0 Å². The maximum atomic E-state index is 12.4. The molecule has 0 heterocycles. The van der Waals surface area contributed by atoms with E-state index < -0.39 is 0 Å². The van der Waals surface area contributed by atoms with Gasteiger partial charge in [0.2, 0.25) is 0 Å². The summed E-state index contributed by atoms with van der Waals surface area (Å²) < 4.78 is 6.56. The van der Waals surface area contributed by atoms with E-state index in [-0.39, 0.29) is 5.92 Å². The average molecular weight is 395 g/mol. The highest BCUT2D eigenvalue weighted by Gasteiger charge is 2.61. The molecule has 2 nitrogen and oxygen atoms in total. The number of ketones is 1. The second-order valence-electron chi connectivity index (χ2n) is 11.3. The van der Waals surface area contributed by atoms with Crippen LogP contribution < -0.4 is 0 Å². The van der Waals surface area contributed by atoms with Gasteiger partial charge in [0.05, 0.1) is 12.7 Å². The Morgan fingerprint density at radius 3 is 2.52 bits per heavy atom. The first kappa shape index (κ1) is 19.8. The maximum Gasteiger partial charge on any atom is 0.136 e. The Balaban J connectivity index is 1.33. The van der Waals surface area contributed by atoms with Gasteiger partial charge < -0.3 is 4.74 Å². The van der Waals surface area contributed by atoms with Crippen LogP contribution in [0.5, 0.6) is 0 Å². The van der Waals surface area contributed by atoms with Gasteiger partial charge in [0.15, 0.2) is 0 Å². The van der Waals surface area contributed by atoms with Crippen molar-refractivity contribution in [3.8, 4) is 0 Å². The molecule has 4 aliphatic rings. The fourth-order valence-electron chi connectivity index (χ4n) is 8.40. The van der Waals surface area contributed by atoms with Gasteiger partial charge in [-0.3, -0.25) is 4.79 Å². The molecular formula is C27H38O2. The van der Waals surface area contributed by atoms with Crippen molar-refractivity contribution in [2.45, 2.75) is 84.8 Å². The molecule has 0 N–H and O–H groups in total. The van der Waals surface area contributed by atoms with Crippen LogP contribution in [0.25, 0.3) is 0 Å². The van der Waals surface area contributed by atoms with Gasteiger partial charge in [-0.25, -0.2) is 0 Å². The Kier molecular flexibility index (Phi) is 4.93. The Morgan fingerprint density at radius 2 is 1.72 bits per heavy atom. The minimum atomic E-state index is 0.272. The number of ether oxygens (including phenoxy) is 1. The number of hydrogen-bond acceptors (Lipinski definition) is 2. The van der Waals surface area contributed by atoms with E-state index in [0.29, 0.717) is 28.6 Å². The molecule has 0 amide bonds. The number of carbonyl (C=O) groups excluding carboxylic acids is 1. The van der Waals surface area contributed by atoms with E-state index in [9.17, 15) is 4.79 Å². The summed E-state index contributed by atoms with van der Waals surface area (Å²) in [6, 6.07) is 10.7. The molecule has 1 aromatic rings. The van der Waals surface area contributed by atoms with Gasteiger partial charge >= 0.3 is 0 Å². The first-order valence-electron chi connectivity index (χ1n) is 12.1. The standard InChI is InChI=1S/C27H38O2/c1-18-16-27(3)20(15-24(18)28)9-10-21-22-11-12-25(26(22,2)14-13-23(21)27)29-17-19-7-5-4-6-8-19/h4-8,18,20-23,25H,9-17H2,1-3H3/t18?,20?,21-,22-,23+,25?,26-,27-/m0/s1. The number of Topliss-reactive ketones (excluding diaryl/α,β-unsaturated/α-hetero) is 1. The van der Waals surface area contributed by atoms with Gasteiger partial charge in [-0.2, -0.15) is 0 Å². The second kappa shape index (κ2) is 7.22. The number of rotatable bonds is 3. The molecular weight excluding hydrogens is 356 g/mol. The van der Waals surface area contributed by atoms with Gasteiger partial charge in [0.1, 0.15) is 5.78 Å². The van der Waals surface area contributed by atoms with Crippen molar-refractivity contribution >= 4 is 5.78 Å². The van der Waals surface area contributed by atoms with Crippen molar-refractivity contribution in [1.82, 2.24) is 0 Å². The van der Waals surface area contributed by atoms with Crippen LogP contribution in [0.2, 0.25) is 0 Å². The minimum absolute atomic E-state index is 0.272. The molecule has 4 aliphatic carbocycles. The summed E-state index contributed by atoms with van der Waals surface area (Å²) in [6.45, 7) is 8.03. The fourth-order valence-corrected chi connectivity index (χ4v) is 8.40. The first-order chi connectivity index (χ1) is 13.9. The predicted molar refractivity (Wildman–Crippen MR) is 116 cm³/mol. The van der Waals surface area contributed by atoms with Gasteiger partial charge in [-0.05, 0) is 85.0 Å². The van der Waals surface area contributed by atoms with Crippen molar-refractivity contribution in [3.05, 3.63) is 35.9 Å². The molecule has 5 rings (SSSR count). The quantitative estimate of drug-likeness (QED) is 0.590. The largest absolute Gasteiger partial charge is 0.373 e. The summed E-state index contributed by atoms with van der Waals surface area (Å²) in [5, 5.41) is 0. The van der Waals surface area contributed by atoms with E-state index in [4.69, 9.17) is 4.74 Å². The highest BCUT2D eigenvalue weighted by molar-refractivity contribution is 5.82. The van der Waals surface area contributed by atoms with Crippen LogP contribution in [-0.4, -0.2) is 11.9 Å². The summed E-state index contributed by atoms with van der Waals surface area (Å²) in [5.41, 5.74) is 2.03. The van der Waals surface area contributed by atoms with Gasteiger partial charge in [-0.1, -0.05) is 51.1 Å². The van der Waals surface area contributed by atoms with E-state index in [1.165, 1.54) is 44.1 Å². The summed E-state index contributed by atoms with van der Waals surface area (Å²) in [7, 11) is 0. The third kappa shape index (κ3) is 3.12. The molecule has 8 atom stereocenters. The zero-order chi connectivity index (χ0) is 20.2. The Labute approximate surface area is 176 Å². The number of hydrogen-bond donors (Lipinski definition) is 0. The SMILES string of the molecule is CC1C[C@@]2(C)C(CC[C@@H]3[C@H]2CC[C@]2(C)C(OCc4ccccc4)CC[C@@H]32)CC1=O. The molecule has 1 aromatic carbocycles. The molecule has 3 unspecified atom stereocenters. The molecule has 0 saturated heterocycles. The topological polar surface area (TPSA) is 26.3 Å². The zero-order valence-corrected chi connectivity index (χ0v) is 18.5. The van der Waals surface area contributed by atoms with Crippen LogP contribution in [0.1, 0.15) is 77.7 Å². The zero-order valence-electron chi connectivity index (χ0n) is 18.5. The molecule has 4 fully saturated rings. The van der Waals surface area contributed by atoms with Crippen LogP contribution in [-0.2, 0) is 16.1 Å². The van der Waals surface area contributed by atoms with Gasteiger partial charge in [0.25, 0.3) is 0 Å². The van der Waals surface area contributed by atoms with Crippen molar-refractivity contribution in [1.29, 1.82) is 0 Å². The second-order valence-corrected chi connectivity index (χ2v) is 11.3. The predicted octanol–water partition coefficient (Wildman–Crippen LogP) is 6.43. The lowest BCUT2D eigenvalue weighted by Gasteiger charge is -2.60. The molecule has 0 radical (unpaired) electrons. The van der Waals surface area contributed by atoms with Gasteiger partial charge in [0, 0.05) is 12.3 Å². The minimum Gasteiger partial charge on any atom is -0.373 e. The third-order valence-electron chi connectivity index (χ3n) is 10.0. The molecule has 4 saturated carbocycles. The highest BCUT2D eigenvalue weighted by Crippen LogP contribution is 2.66. The van der Waals surface area contributed by atoms with E-state index >= 15 is 0 Å². The molecule has 0 bridgehead atoms. The van der Waals surface area contributed by atoms with Crippen molar-refractivity contribution in [3.63, 3.8) is 0 Å². The van der Waals surface area contributed by atoms with E-state index in [2.05, 4.69) is 51.1 Å². The monoisotopic (exact) mass is 394 g/mol. The number of benzene rings is 1. The van der Waals surface area contributed by atoms with Crippen LogP contribution >= 0.6 is 0 Å². The average Bonchev–Trinajstić information content (AvgIpc) is 3.05. The lowest BCUT2D eigenvalue weighted by atomic mass is 9.44. The summed E-state index contributed by atoms with van der Waals surface area (Å²) in [4.78, 5) is 12.4. The maximum absolute atomic E-state index is 12.4. The van der Waals surface area contributed by atoms with E-state index in [1.54, 1.807) is 0 Å². The van der Waals surface area contributed by atoms with Crippen LogP contribution in [0, 0.1) is 40.4 Å².